The standard InChI is InChI=1S/C37H54O2/c1-27(2)11-7-13-29(5)15-9-17-31-19-21-33-34(23-31)36(39)25-37(26-38)24-32(20-22-35(33)37)18-10-16-30(6)14-8-12-28(3)4/h11-12,15-16,19-20,26,33-35H,7-10,13-14,17-18,21-25H2,1-6H3. The molecule has 0 aromatic heterocycles. The largest absolute Gasteiger partial charge is 0.303 e. The second kappa shape index (κ2) is 15.0. The lowest BCUT2D eigenvalue weighted by atomic mass is 9.51. The van der Waals surface area contributed by atoms with Gasteiger partial charge in [0.1, 0.15) is 12.1 Å². The second-order valence-corrected chi connectivity index (χ2v) is 13.3. The van der Waals surface area contributed by atoms with Crippen molar-refractivity contribution in [1.82, 2.24) is 0 Å². The fraction of sp³-hybridized carbons (Fsp3) is 0.622. The molecule has 3 aliphatic rings. The molecule has 214 valence electrons. The normalized spacial score (nSPS) is 27.1. The smallest absolute Gasteiger partial charge is 0.137 e. The van der Waals surface area contributed by atoms with Crippen molar-refractivity contribution < 1.29 is 9.59 Å². The monoisotopic (exact) mass is 530 g/mol. The molecule has 3 rings (SSSR count). The summed E-state index contributed by atoms with van der Waals surface area (Å²) in [4.78, 5) is 26.1. The van der Waals surface area contributed by atoms with Crippen LogP contribution < -0.4 is 0 Å². The van der Waals surface area contributed by atoms with Gasteiger partial charge in [-0.1, -0.05) is 69.9 Å². The molecule has 0 aromatic rings. The van der Waals surface area contributed by atoms with E-state index in [1.54, 1.807) is 0 Å². The lowest BCUT2D eigenvalue weighted by Crippen LogP contribution is -2.50. The summed E-state index contributed by atoms with van der Waals surface area (Å²) in [6, 6.07) is 0. The molecule has 39 heavy (non-hydrogen) atoms. The lowest BCUT2D eigenvalue weighted by Gasteiger charge is -2.51. The van der Waals surface area contributed by atoms with Crippen molar-refractivity contribution in [2.45, 2.75) is 125 Å². The van der Waals surface area contributed by atoms with E-state index in [2.05, 4.69) is 78.0 Å². The minimum absolute atomic E-state index is 0.118. The quantitative estimate of drug-likeness (QED) is 0.175. The molecule has 2 nitrogen and oxygen atoms in total. The Kier molecular flexibility index (Phi) is 12.0. The van der Waals surface area contributed by atoms with Crippen LogP contribution in [0.5, 0.6) is 0 Å². The predicted molar refractivity (Wildman–Crippen MR) is 167 cm³/mol. The summed E-state index contributed by atoms with van der Waals surface area (Å²) in [6.45, 7) is 13.1. The van der Waals surface area contributed by atoms with E-state index in [4.69, 9.17) is 0 Å². The van der Waals surface area contributed by atoms with E-state index >= 15 is 0 Å². The topological polar surface area (TPSA) is 34.1 Å². The minimum atomic E-state index is -0.471. The van der Waals surface area contributed by atoms with Crippen LogP contribution in [0.3, 0.4) is 0 Å². The van der Waals surface area contributed by atoms with Gasteiger partial charge >= 0.3 is 0 Å². The molecule has 0 saturated heterocycles. The molecule has 0 N–H and O–H groups in total. The molecular formula is C37H54O2. The van der Waals surface area contributed by atoms with Crippen LogP contribution in [0.2, 0.25) is 0 Å². The van der Waals surface area contributed by atoms with E-state index in [-0.39, 0.29) is 5.92 Å². The van der Waals surface area contributed by atoms with Crippen LogP contribution in [0.4, 0.5) is 0 Å². The van der Waals surface area contributed by atoms with Gasteiger partial charge in [0.05, 0.1) is 0 Å². The van der Waals surface area contributed by atoms with E-state index in [1.807, 2.05) is 0 Å². The maximum Gasteiger partial charge on any atom is 0.137 e. The zero-order valence-corrected chi connectivity index (χ0v) is 25.8. The highest BCUT2D eigenvalue weighted by Gasteiger charge is 2.54. The number of rotatable bonds is 13. The van der Waals surface area contributed by atoms with Crippen molar-refractivity contribution in [2.75, 3.05) is 0 Å². The molecule has 3 aliphatic carbocycles. The van der Waals surface area contributed by atoms with Crippen molar-refractivity contribution >= 4 is 12.1 Å². The second-order valence-electron chi connectivity index (χ2n) is 13.3. The molecular weight excluding hydrogens is 476 g/mol. The molecule has 1 fully saturated rings. The number of hydrogen-bond acceptors (Lipinski definition) is 2. The van der Waals surface area contributed by atoms with Gasteiger partial charge in [-0.05, 0) is 130 Å². The van der Waals surface area contributed by atoms with Gasteiger partial charge in [-0.3, -0.25) is 4.79 Å². The Bertz CT molecular complexity index is 1050. The maximum atomic E-state index is 13.5. The molecule has 2 heteroatoms. The van der Waals surface area contributed by atoms with Crippen molar-refractivity contribution in [2.24, 2.45) is 23.2 Å². The first-order valence-electron chi connectivity index (χ1n) is 15.6. The number of allylic oxidation sites excluding steroid dienone is 12. The van der Waals surface area contributed by atoms with Crippen molar-refractivity contribution in [3.8, 4) is 0 Å². The Hall–Kier alpha value is -2.22. The molecule has 0 aliphatic heterocycles. The molecule has 0 bridgehead atoms. The summed E-state index contributed by atoms with van der Waals surface area (Å²) in [5, 5.41) is 0. The van der Waals surface area contributed by atoms with E-state index in [1.165, 1.54) is 39.7 Å². The summed E-state index contributed by atoms with van der Waals surface area (Å²) in [7, 11) is 0. The number of carbonyl (C=O) groups is 2. The Balaban J connectivity index is 1.57. The predicted octanol–water partition coefficient (Wildman–Crippen LogP) is 10.4. The fourth-order valence-electron chi connectivity index (χ4n) is 7.14. The molecule has 0 aromatic carbocycles. The third-order valence-electron chi connectivity index (χ3n) is 9.40. The van der Waals surface area contributed by atoms with Gasteiger partial charge in [-0.2, -0.15) is 0 Å². The molecule has 0 spiro atoms. The summed E-state index contributed by atoms with van der Waals surface area (Å²) >= 11 is 0. The van der Waals surface area contributed by atoms with E-state index < -0.39 is 5.41 Å². The molecule has 0 amide bonds. The van der Waals surface area contributed by atoms with Crippen LogP contribution >= 0.6 is 0 Å². The lowest BCUT2D eigenvalue weighted by molar-refractivity contribution is -0.143. The van der Waals surface area contributed by atoms with Crippen LogP contribution in [0, 0.1) is 23.2 Å². The molecule has 4 unspecified atom stereocenters. The van der Waals surface area contributed by atoms with Gasteiger partial charge in [0.2, 0.25) is 0 Å². The van der Waals surface area contributed by atoms with Gasteiger partial charge < -0.3 is 4.79 Å². The number of fused-ring (bicyclic) bond motifs is 3. The van der Waals surface area contributed by atoms with Crippen molar-refractivity contribution in [3.63, 3.8) is 0 Å². The highest BCUT2D eigenvalue weighted by molar-refractivity contribution is 5.87. The first-order valence-corrected chi connectivity index (χ1v) is 15.6. The van der Waals surface area contributed by atoms with Crippen molar-refractivity contribution in [3.05, 3.63) is 69.9 Å². The Labute approximate surface area is 239 Å². The SMILES string of the molecule is CC(C)=CCCC(C)=CCCC1=CCC2C(C1)C(=O)CC1(C=O)CC(CCC=C(C)CCC=C(C)C)=CCC21. The summed E-state index contributed by atoms with van der Waals surface area (Å²) < 4.78 is 0. The number of carbonyl (C=O) groups excluding carboxylic acids is 2. The zero-order chi connectivity index (χ0) is 28.4. The average Bonchev–Trinajstić information content (AvgIpc) is 2.88. The number of aldehydes is 1. The first kappa shape index (κ1) is 31.3. The third-order valence-corrected chi connectivity index (χ3v) is 9.40. The number of Topliss-reactive ketones (excluding diaryl/α,β-unsaturated/α-hetero) is 1. The zero-order valence-electron chi connectivity index (χ0n) is 25.8. The van der Waals surface area contributed by atoms with Gasteiger partial charge in [0.25, 0.3) is 0 Å². The molecule has 0 heterocycles. The third kappa shape index (κ3) is 9.16. The Morgan fingerprint density at radius 1 is 0.769 bits per heavy atom. The Morgan fingerprint density at radius 2 is 1.33 bits per heavy atom. The van der Waals surface area contributed by atoms with Gasteiger partial charge in [0, 0.05) is 17.8 Å². The van der Waals surface area contributed by atoms with E-state index in [0.717, 1.165) is 77.0 Å². The number of ketones is 1. The van der Waals surface area contributed by atoms with Crippen LogP contribution in [0.25, 0.3) is 0 Å². The van der Waals surface area contributed by atoms with Gasteiger partial charge in [-0.25, -0.2) is 0 Å². The molecule has 0 radical (unpaired) electrons. The molecule has 1 saturated carbocycles. The van der Waals surface area contributed by atoms with Crippen LogP contribution in [-0.4, -0.2) is 12.1 Å². The van der Waals surface area contributed by atoms with Crippen LogP contribution in [0.1, 0.15) is 125 Å². The average molecular weight is 531 g/mol. The minimum Gasteiger partial charge on any atom is -0.303 e. The van der Waals surface area contributed by atoms with Gasteiger partial charge in [-0.15, -0.1) is 0 Å². The highest BCUT2D eigenvalue weighted by atomic mass is 16.1. The number of hydrogen-bond donors (Lipinski definition) is 0. The summed E-state index contributed by atoms with van der Waals surface area (Å²) in [5.74, 6) is 1.11. The first-order chi connectivity index (χ1) is 18.6. The summed E-state index contributed by atoms with van der Waals surface area (Å²) in [5.41, 5.74) is 8.05. The molecule has 4 atom stereocenters. The van der Waals surface area contributed by atoms with E-state index in [0.29, 0.717) is 24.0 Å². The van der Waals surface area contributed by atoms with Gasteiger partial charge in [0.15, 0.2) is 0 Å². The summed E-state index contributed by atoms with van der Waals surface area (Å²) in [6.07, 6.45) is 28.1. The Morgan fingerprint density at radius 3 is 1.90 bits per heavy atom. The highest BCUT2D eigenvalue weighted by Crippen LogP contribution is 2.56. The maximum absolute atomic E-state index is 13.5. The van der Waals surface area contributed by atoms with Crippen molar-refractivity contribution in [1.29, 1.82) is 0 Å². The van der Waals surface area contributed by atoms with E-state index in [9.17, 15) is 9.59 Å². The fourth-order valence-corrected chi connectivity index (χ4v) is 7.14. The van der Waals surface area contributed by atoms with Crippen LogP contribution in [0.15, 0.2) is 69.9 Å². The van der Waals surface area contributed by atoms with Crippen LogP contribution in [-0.2, 0) is 9.59 Å².